The fraction of sp³-hybridized carbons (Fsp3) is 0.111. The third-order valence-electron chi connectivity index (χ3n) is 5.46. The zero-order valence-corrected chi connectivity index (χ0v) is 17.8. The van der Waals surface area contributed by atoms with Gasteiger partial charge in [0, 0.05) is 22.4 Å². The number of nitrogens with one attached hydrogen (secondary N) is 1. The number of carbonyl (C=O) groups is 1. The summed E-state index contributed by atoms with van der Waals surface area (Å²) in [5.41, 5.74) is 5.12. The number of aromatic carboxylic acids is 1. The van der Waals surface area contributed by atoms with Crippen molar-refractivity contribution < 1.29 is 14.6 Å². The van der Waals surface area contributed by atoms with Crippen LogP contribution in [0.4, 0.5) is 5.69 Å². The average molecular weight is 422 g/mol. The molecule has 3 aromatic carbocycles. The van der Waals surface area contributed by atoms with E-state index in [1.165, 1.54) is 0 Å². The van der Waals surface area contributed by atoms with Gasteiger partial charge in [-0.25, -0.2) is 4.79 Å². The van der Waals surface area contributed by atoms with E-state index in [0.717, 1.165) is 22.3 Å². The molecule has 0 amide bonds. The van der Waals surface area contributed by atoms with Crippen molar-refractivity contribution in [2.45, 2.75) is 19.9 Å². The lowest BCUT2D eigenvalue weighted by Crippen LogP contribution is -2.15. The molecule has 0 aliphatic carbocycles. The van der Waals surface area contributed by atoms with Crippen LogP contribution in [0.3, 0.4) is 0 Å². The molecule has 5 heteroatoms. The van der Waals surface area contributed by atoms with E-state index in [1.807, 2.05) is 56.3 Å². The molecule has 0 saturated carbocycles. The van der Waals surface area contributed by atoms with E-state index >= 15 is 0 Å². The van der Waals surface area contributed by atoms with Crippen LogP contribution in [0, 0.1) is 18.3 Å². The highest BCUT2D eigenvalue weighted by Crippen LogP contribution is 2.45. The highest BCUT2D eigenvalue weighted by atomic mass is 16.5. The minimum absolute atomic E-state index is 0.197. The van der Waals surface area contributed by atoms with E-state index in [2.05, 4.69) is 18.0 Å². The highest BCUT2D eigenvalue weighted by Gasteiger charge is 2.29. The molecule has 0 aromatic heterocycles. The number of benzene rings is 3. The molecule has 158 valence electrons. The van der Waals surface area contributed by atoms with E-state index in [9.17, 15) is 15.2 Å². The summed E-state index contributed by atoms with van der Waals surface area (Å²) in [6.07, 6.45) is 0. The number of rotatable bonds is 5. The molecule has 1 heterocycles. The Morgan fingerprint density at radius 1 is 1.12 bits per heavy atom. The second-order valence-corrected chi connectivity index (χ2v) is 7.71. The van der Waals surface area contributed by atoms with Crippen LogP contribution in [0.5, 0.6) is 5.75 Å². The first-order chi connectivity index (χ1) is 15.4. The predicted molar refractivity (Wildman–Crippen MR) is 125 cm³/mol. The van der Waals surface area contributed by atoms with Crippen molar-refractivity contribution in [3.8, 4) is 11.8 Å². The number of allylic oxidation sites excluding steroid dienone is 2. The summed E-state index contributed by atoms with van der Waals surface area (Å²) in [4.78, 5) is 11.6. The van der Waals surface area contributed by atoms with Crippen molar-refractivity contribution in [2.24, 2.45) is 0 Å². The zero-order chi connectivity index (χ0) is 22.8. The van der Waals surface area contributed by atoms with Gasteiger partial charge in [-0.3, -0.25) is 0 Å². The Bertz CT molecular complexity index is 1300. The molecule has 1 aliphatic rings. The Labute approximate surface area is 186 Å². The maximum absolute atomic E-state index is 11.6. The van der Waals surface area contributed by atoms with Gasteiger partial charge in [0.1, 0.15) is 17.4 Å². The number of fused-ring (bicyclic) bond motifs is 1. The van der Waals surface area contributed by atoms with Gasteiger partial charge in [-0.15, -0.1) is 0 Å². The van der Waals surface area contributed by atoms with Crippen molar-refractivity contribution in [3.05, 3.63) is 107 Å². The van der Waals surface area contributed by atoms with Gasteiger partial charge in [-0.05, 0) is 43.2 Å². The van der Waals surface area contributed by atoms with E-state index < -0.39 is 5.97 Å². The van der Waals surface area contributed by atoms with E-state index in [4.69, 9.17) is 4.74 Å². The van der Waals surface area contributed by atoms with E-state index in [1.54, 1.807) is 24.3 Å². The second kappa shape index (κ2) is 8.44. The third kappa shape index (κ3) is 3.75. The van der Waals surface area contributed by atoms with Crippen molar-refractivity contribution in [3.63, 3.8) is 0 Å². The molecule has 0 radical (unpaired) electrons. The molecule has 1 unspecified atom stereocenters. The summed E-state index contributed by atoms with van der Waals surface area (Å²) >= 11 is 0. The highest BCUT2D eigenvalue weighted by molar-refractivity contribution is 5.96. The summed E-state index contributed by atoms with van der Waals surface area (Å²) in [5.74, 6) is 0.0873. The number of anilines is 1. The Morgan fingerprint density at radius 2 is 1.81 bits per heavy atom. The molecule has 0 spiro atoms. The van der Waals surface area contributed by atoms with Gasteiger partial charge in [0.15, 0.2) is 5.76 Å². The summed E-state index contributed by atoms with van der Waals surface area (Å²) in [7, 11) is 0. The molecular weight excluding hydrogens is 400 g/mol. The molecule has 2 N–H and O–H groups in total. The largest absolute Gasteiger partial charge is 0.478 e. The first-order valence-electron chi connectivity index (χ1n) is 10.2. The Kier molecular flexibility index (Phi) is 5.53. The molecule has 1 aliphatic heterocycles. The lowest BCUT2D eigenvalue weighted by Gasteiger charge is -2.28. The maximum atomic E-state index is 11.6. The van der Waals surface area contributed by atoms with Crippen molar-refractivity contribution >= 4 is 23.0 Å². The predicted octanol–water partition coefficient (Wildman–Crippen LogP) is 6.21. The number of carboxylic acids is 1. The normalized spacial score (nSPS) is 13.6. The minimum Gasteiger partial charge on any atom is -0.478 e. The topological polar surface area (TPSA) is 82.3 Å². The van der Waals surface area contributed by atoms with E-state index in [0.29, 0.717) is 28.3 Å². The van der Waals surface area contributed by atoms with Crippen LogP contribution in [0.15, 0.2) is 78.9 Å². The first kappa shape index (κ1) is 21.0. The SMILES string of the molecule is C=C1C(C#N)=C(c2ccccc2)Oc2c1cc(C)cc2C(C)Nc1ccccc1C(=O)O. The molecule has 4 rings (SSSR count). The number of nitrogens with zero attached hydrogens (tertiary/aromatic N) is 1. The van der Waals surface area contributed by atoms with Gasteiger partial charge in [0.2, 0.25) is 0 Å². The van der Waals surface area contributed by atoms with Crippen LogP contribution in [-0.4, -0.2) is 11.1 Å². The third-order valence-corrected chi connectivity index (χ3v) is 5.46. The fourth-order valence-corrected chi connectivity index (χ4v) is 3.90. The molecule has 3 aromatic rings. The van der Waals surface area contributed by atoms with Gasteiger partial charge >= 0.3 is 5.97 Å². The van der Waals surface area contributed by atoms with Crippen LogP contribution >= 0.6 is 0 Å². The Morgan fingerprint density at radius 3 is 2.50 bits per heavy atom. The van der Waals surface area contributed by atoms with Gasteiger partial charge in [0.25, 0.3) is 0 Å². The molecule has 32 heavy (non-hydrogen) atoms. The zero-order valence-electron chi connectivity index (χ0n) is 17.8. The number of nitriles is 1. The quantitative estimate of drug-likeness (QED) is 0.511. The Balaban J connectivity index is 1.80. The number of para-hydroxylation sites is 1. The molecule has 0 bridgehead atoms. The summed E-state index contributed by atoms with van der Waals surface area (Å²) < 4.78 is 6.35. The maximum Gasteiger partial charge on any atom is 0.337 e. The van der Waals surface area contributed by atoms with Crippen molar-refractivity contribution in [1.29, 1.82) is 5.26 Å². The first-order valence-corrected chi connectivity index (χ1v) is 10.2. The second-order valence-electron chi connectivity index (χ2n) is 7.71. The molecular formula is C27H22N2O3. The van der Waals surface area contributed by atoms with Crippen LogP contribution in [0.2, 0.25) is 0 Å². The van der Waals surface area contributed by atoms with Crippen LogP contribution in [0.1, 0.15) is 45.6 Å². The Hall–Kier alpha value is -4.30. The van der Waals surface area contributed by atoms with Crippen molar-refractivity contribution in [2.75, 3.05) is 5.32 Å². The monoisotopic (exact) mass is 422 g/mol. The number of aryl methyl sites for hydroxylation is 1. The number of carboxylic acid groups (broad SMARTS) is 1. The minimum atomic E-state index is -0.996. The summed E-state index contributed by atoms with van der Waals surface area (Å²) in [6.45, 7) is 8.11. The number of ether oxygens (including phenoxy) is 1. The van der Waals surface area contributed by atoms with Crippen LogP contribution < -0.4 is 10.1 Å². The van der Waals surface area contributed by atoms with Gasteiger partial charge in [-0.1, -0.05) is 55.1 Å². The molecule has 0 saturated heterocycles. The molecule has 0 fully saturated rings. The summed E-state index contributed by atoms with van der Waals surface area (Å²) in [6, 6.07) is 22.2. The average Bonchev–Trinajstić information content (AvgIpc) is 2.79. The van der Waals surface area contributed by atoms with Gasteiger partial charge in [0.05, 0.1) is 11.6 Å². The molecule has 5 nitrogen and oxygen atoms in total. The lowest BCUT2D eigenvalue weighted by molar-refractivity contribution is 0.0698. The number of hydrogen-bond donors (Lipinski definition) is 2. The summed E-state index contributed by atoms with van der Waals surface area (Å²) in [5, 5.41) is 22.7. The van der Waals surface area contributed by atoms with Crippen molar-refractivity contribution in [1.82, 2.24) is 0 Å². The van der Waals surface area contributed by atoms with Gasteiger partial charge < -0.3 is 15.2 Å². The number of hydrogen-bond acceptors (Lipinski definition) is 4. The van der Waals surface area contributed by atoms with Crippen LogP contribution in [0.25, 0.3) is 11.3 Å². The lowest BCUT2D eigenvalue weighted by atomic mass is 9.89. The van der Waals surface area contributed by atoms with Gasteiger partial charge in [-0.2, -0.15) is 5.26 Å². The van der Waals surface area contributed by atoms with E-state index in [-0.39, 0.29) is 11.6 Å². The van der Waals surface area contributed by atoms with Crippen LogP contribution in [-0.2, 0) is 0 Å². The standard InChI is InChI=1S/C27H22N2O3/c1-16-13-21-17(2)23(15-28)25(19-9-5-4-6-10-19)32-26(21)22(14-16)18(3)29-24-12-8-7-11-20(24)27(30)31/h4-14,18,29H,2H2,1,3H3,(H,30,31). The fourth-order valence-electron chi connectivity index (χ4n) is 3.90. The molecule has 1 atom stereocenters. The smallest absolute Gasteiger partial charge is 0.337 e.